The first kappa shape index (κ1) is 26.4. The SMILES string of the molecule is CCCCCCC/C=C\[C@H](SC[C@H](N)C(=O)NCC(=O)O)[C@H](O)CCC(=O)O. The molecule has 0 aliphatic rings. The van der Waals surface area contributed by atoms with Crippen LogP contribution in [0.15, 0.2) is 12.2 Å². The van der Waals surface area contributed by atoms with Gasteiger partial charge in [-0.2, -0.15) is 0 Å². The van der Waals surface area contributed by atoms with Crippen LogP contribution in [0.5, 0.6) is 0 Å². The number of hydrogen-bond acceptors (Lipinski definition) is 6. The van der Waals surface area contributed by atoms with Crippen molar-refractivity contribution >= 4 is 29.6 Å². The number of aliphatic carboxylic acids is 2. The van der Waals surface area contributed by atoms with Crippen molar-refractivity contribution in [2.75, 3.05) is 12.3 Å². The molecule has 8 nitrogen and oxygen atoms in total. The zero-order chi connectivity index (χ0) is 21.4. The zero-order valence-electron chi connectivity index (χ0n) is 16.5. The fraction of sp³-hybridized carbons (Fsp3) is 0.737. The molecule has 0 aromatic carbocycles. The Morgan fingerprint density at radius 1 is 1.11 bits per heavy atom. The second-order valence-corrected chi connectivity index (χ2v) is 7.86. The molecule has 0 fully saturated rings. The molecular weight excluding hydrogens is 384 g/mol. The number of aliphatic hydroxyl groups excluding tert-OH is 1. The van der Waals surface area contributed by atoms with Crippen LogP contribution in [0, 0.1) is 0 Å². The topological polar surface area (TPSA) is 150 Å². The Labute approximate surface area is 170 Å². The number of hydrogen-bond donors (Lipinski definition) is 5. The van der Waals surface area contributed by atoms with E-state index < -0.39 is 36.5 Å². The van der Waals surface area contributed by atoms with Crippen LogP contribution in [0.1, 0.15) is 58.3 Å². The van der Waals surface area contributed by atoms with E-state index in [1.807, 2.05) is 12.2 Å². The first-order valence-electron chi connectivity index (χ1n) is 9.71. The molecule has 0 unspecified atom stereocenters. The van der Waals surface area contributed by atoms with Crippen LogP contribution < -0.4 is 11.1 Å². The Kier molecular flexibility index (Phi) is 15.5. The lowest BCUT2D eigenvalue weighted by Crippen LogP contribution is -2.44. The average molecular weight is 419 g/mol. The van der Waals surface area contributed by atoms with E-state index in [0.29, 0.717) is 0 Å². The van der Waals surface area contributed by atoms with Gasteiger partial charge in [0.15, 0.2) is 0 Å². The van der Waals surface area contributed by atoms with E-state index in [0.717, 1.165) is 19.3 Å². The lowest BCUT2D eigenvalue weighted by molar-refractivity contribution is -0.138. The highest BCUT2D eigenvalue weighted by molar-refractivity contribution is 8.00. The summed E-state index contributed by atoms with van der Waals surface area (Å²) in [5, 5.41) is 29.5. The van der Waals surface area contributed by atoms with Gasteiger partial charge in [-0.3, -0.25) is 14.4 Å². The van der Waals surface area contributed by atoms with Crippen molar-refractivity contribution in [3.8, 4) is 0 Å². The van der Waals surface area contributed by atoms with Gasteiger partial charge in [0, 0.05) is 17.4 Å². The number of rotatable bonds is 17. The predicted octanol–water partition coefficient (Wildman–Crippen LogP) is 1.76. The number of nitrogens with one attached hydrogen (secondary N) is 1. The molecule has 0 aromatic rings. The Morgan fingerprint density at radius 3 is 2.39 bits per heavy atom. The molecule has 28 heavy (non-hydrogen) atoms. The van der Waals surface area contributed by atoms with Crippen LogP contribution in [-0.2, 0) is 14.4 Å². The molecule has 0 aromatic heterocycles. The largest absolute Gasteiger partial charge is 0.481 e. The minimum Gasteiger partial charge on any atom is -0.481 e. The molecule has 0 aliphatic carbocycles. The molecule has 0 saturated carbocycles. The third-order valence-electron chi connectivity index (χ3n) is 4.05. The van der Waals surface area contributed by atoms with E-state index in [-0.39, 0.29) is 23.8 Å². The predicted molar refractivity (Wildman–Crippen MR) is 110 cm³/mol. The van der Waals surface area contributed by atoms with Crippen molar-refractivity contribution in [3.05, 3.63) is 12.2 Å². The summed E-state index contributed by atoms with van der Waals surface area (Å²) in [5.74, 6) is -2.53. The van der Waals surface area contributed by atoms with Gasteiger partial charge < -0.3 is 26.4 Å². The minimum atomic E-state index is -1.16. The standard InChI is InChI=1S/C19H34N2O6S/c1-2-3-4-5-6-7-8-9-16(15(22)10-11-17(23)24)28-13-14(20)19(27)21-12-18(25)26/h8-9,14-16,22H,2-7,10-13,20H2,1H3,(H,21,27)(H,23,24)(H,25,26)/b9-8-/t14-,15+,16-/m0/s1. The molecule has 162 valence electrons. The van der Waals surface area contributed by atoms with Crippen LogP contribution >= 0.6 is 11.8 Å². The number of nitrogens with two attached hydrogens (primary N) is 1. The molecule has 3 atom stereocenters. The van der Waals surface area contributed by atoms with Crippen molar-refractivity contribution in [2.24, 2.45) is 5.73 Å². The van der Waals surface area contributed by atoms with Crippen LogP contribution in [0.2, 0.25) is 0 Å². The molecular formula is C19H34N2O6S. The Morgan fingerprint density at radius 2 is 1.79 bits per heavy atom. The van der Waals surface area contributed by atoms with Crippen LogP contribution in [0.4, 0.5) is 0 Å². The summed E-state index contributed by atoms with van der Waals surface area (Å²) in [5.41, 5.74) is 5.77. The number of carboxylic acids is 2. The summed E-state index contributed by atoms with van der Waals surface area (Å²) in [6.07, 6.45) is 9.59. The van der Waals surface area contributed by atoms with Crippen molar-refractivity contribution < 1.29 is 29.7 Å². The van der Waals surface area contributed by atoms with Crippen molar-refractivity contribution in [1.29, 1.82) is 0 Å². The third-order valence-corrected chi connectivity index (χ3v) is 5.46. The fourth-order valence-electron chi connectivity index (χ4n) is 2.41. The molecule has 0 radical (unpaired) electrons. The molecule has 0 rings (SSSR count). The highest BCUT2D eigenvalue weighted by atomic mass is 32.2. The van der Waals surface area contributed by atoms with E-state index in [2.05, 4.69) is 12.2 Å². The number of unbranched alkanes of at least 4 members (excludes halogenated alkanes) is 5. The summed E-state index contributed by atoms with van der Waals surface area (Å²) in [4.78, 5) is 33.0. The summed E-state index contributed by atoms with van der Waals surface area (Å²) in [6, 6.07) is -0.916. The number of carbonyl (C=O) groups is 3. The van der Waals surface area contributed by atoms with Crippen molar-refractivity contribution in [2.45, 2.75) is 75.7 Å². The maximum atomic E-state index is 11.8. The minimum absolute atomic E-state index is 0.105. The number of carbonyl (C=O) groups excluding carboxylic acids is 1. The van der Waals surface area contributed by atoms with E-state index in [9.17, 15) is 19.5 Å². The average Bonchev–Trinajstić information content (AvgIpc) is 2.65. The second-order valence-electron chi connectivity index (χ2n) is 6.65. The zero-order valence-corrected chi connectivity index (χ0v) is 17.3. The smallest absolute Gasteiger partial charge is 0.322 e. The van der Waals surface area contributed by atoms with Gasteiger partial charge in [-0.15, -0.1) is 11.8 Å². The van der Waals surface area contributed by atoms with Gasteiger partial charge in [-0.05, 0) is 19.3 Å². The molecule has 1 amide bonds. The second kappa shape index (κ2) is 16.4. The van der Waals surface area contributed by atoms with Gasteiger partial charge in [0.1, 0.15) is 6.54 Å². The molecule has 0 bridgehead atoms. The van der Waals surface area contributed by atoms with E-state index in [1.54, 1.807) is 0 Å². The van der Waals surface area contributed by atoms with Gasteiger partial charge in [0.05, 0.1) is 12.1 Å². The Bertz CT molecular complexity index is 501. The first-order valence-corrected chi connectivity index (χ1v) is 10.8. The fourth-order valence-corrected chi connectivity index (χ4v) is 3.57. The first-order chi connectivity index (χ1) is 13.3. The van der Waals surface area contributed by atoms with Crippen LogP contribution in [0.25, 0.3) is 0 Å². The lowest BCUT2D eigenvalue weighted by Gasteiger charge is -2.21. The van der Waals surface area contributed by atoms with Gasteiger partial charge in [0.2, 0.25) is 5.91 Å². The molecule has 9 heteroatoms. The molecule has 0 saturated heterocycles. The summed E-state index contributed by atoms with van der Waals surface area (Å²) in [6.45, 7) is 1.66. The van der Waals surface area contributed by atoms with E-state index >= 15 is 0 Å². The highest BCUT2D eigenvalue weighted by Gasteiger charge is 2.21. The molecule has 6 N–H and O–H groups in total. The van der Waals surface area contributed by atoms with Crippen molar-refractivity contribution in [3.63, 3.8) is 0 Å². The monoisotopic (exact) mass is 418 g/mol. The van der Waals surface area contributed by atoms with Gasteiger partial charge in [0.25, 0.3) is 0 Å². The van der Waals surface area contributed by atoms with Crippen LogP contribution in [-0.4, -0.2) is 62.9 Å². The quantitative estimate of drug-likeness (QED) is 0.177. The normalized spacial score (nSPS) is 14.5. The third kappa shape index (κ3) is 14.5. The maximum absolute atomic E-state index is 11.8. The van der Waals surface area contributed by atoms with Gasteiger partial charge in [-0.25, -0.2) is 0 Å². The van der Waals surface area contributed by atoms with Crippen molar-refractivity contribution in [1.82, 2.24) is 5.32 Å². The van der Waals surface area contributed by atoms with E-state index in [1.165, 1.54) is 31.0 Å². The molecule has 0 aliphatic heterocycles. The highest BCUT2D eigenvalue weighted by Crippen LogP contribution is 2.21. The molecule has 0 heterocycles. The number of aliphatic hydroxyl groups is 1. The van der Waals surface area contributed by atoms with Gasteiger partial charge in [-0.1, -0.05) is 44.8 Å². The summed E-state index contributed by atoms with van der Waals surface area (Å²) < 4.78 is 0. The maximum Gasteiger partial charge on any atom is 0.322 e. The van der Waals surface area contributed by atoms with E-state index in [4.69, 9.17) is 15.9 Å². The number of allylic oxidation sites excluding steroid dienone is 1. The summed E-state index contributed by atoms with van der Waals surface area (Å²) >= 11 is 1.26. The number of thioether (sulfide) groups is 1. The van der Waals surface area contributed by atoms with Crippen LogP contribution in [0.3, 0.4) is 0 Å². The Hall–Kier alpha value is -1.58. The summed E-state index contributed by atoms with van der Waals surface area (Å²) in [7, 11) is 0. The van der Waals surface area contributed by atoms with Gasteiger partial charge >= 0.3 is 11.9 Å². The number of carboxylic acid groups (broad SMARTS) is 2. The Balaban J connectivity index is 4.55. The number of amides is 1. The molecule has 0 spiro atoms. The lowest BCUT2D eigenvalue weighted by atomic mass is 10.1.